The van der Waals surface area contributed by atoms with Crippen molar-refractivity contribution in [1.82, 2.24) is 4.98 Å². The van der Waals surface area contributed by atoms with Gasteiger partial charge in [0.2, 0.25) is 0 Å². The molecule has 0 aliphatic carbocycles. The van der Waals surface area contributed by atoms with Crippen molar-refractivity contribution in [3.8, 4) is 0 Å². The Kier molecular flexibility index (Phi) is 3.69. The van der Waals surface area contributed by atoms with E-state index in [-0.39, 0.29) is 6.42 Å². The minimum atomic E-state index is -0.846. The number of carboxylic acids is 1. The summed E-state index contributed by atoms with van der Waals surface area (Å²) < 4.78 is 1.92. The molecule has 0 fully saturated rings. The van der Waals surface area contributed by atoms with E-state index in [0.29, 0.717) is 5.69 Å². The minimum Gasteiger partial charge on any atom is -0.481 e. The Labute approximate surface area is 96.9 Å². The molecule has 0 bridgehead atoms. The summed E-state index contributed by atoms with van der Waals surface area (Å²) in [6.07, 6.45) is 1.66. The van der Waals surface area contributed by atoms with Gasteiger partial charge in [-0.25, -0.2) is 0 Å². The third kappa shape index (κ3) is 2.85. The number of rotatable bonds is 2. The average molecular weight is 389 g/mol. The molecular weight excluding hydrogens is 384 g/mol. The average Bonchev–Trinajstić information content (AvgIpc) is 1.94. The Morgan fingerprint density at radius 2 is 2.25 bits per heavy atom. The highest BCUT2D eigenvalue weighted by Crippen LogP contribution is 2.13. The van der Waals surface area contributed by atoms with E-state index in [4.69, 9.17) is 5.11 Å². The molecule has 5 heteroatoms. The fourth-order valence-electron chi connectivity index (χ4n) is 0.716. The molecule has 0 saturated carbocycles. The lowest BCUT2D eigenvalue weighted by Gasteiger charge is -1.99. The molecule has 0 amide bonds. The van der Waals surface area contributed by atoms with E-state index in [1.807, 2.05) is 6.07 Å². The van der Waals surface area contributed by atoms with E-state index in [0.717, 1.165) is 7.14 Å². The van der Waals surface area contributed by atoms with Gasteiger partial charge >= 0.3 is 5.97 Å². The van der Waals surface area contributed by atoms with Crippen molar-refractivity contribution in [3.05, 3.63) is 25.1 Å². The van der Waals surface area contributed by atoms with Crippen molar-refractivity contribution >= 4 is 51.2 Å². The molecule has 0 unspecified atom stereocenters. The fourth-order valence-corrected chi connectivity index (χ4v) is 2.43. The molecule has 0 spiro atoms. The Bertz CT molecular complexity index is 314. The Hall–Kier alpha value is 0.0800. The lowest BCUT2D eigenvalue weighted by atomic mass is 10.3. The van der Waals surface area contributed by atoms with Gasteiger partial charge in [0, 0.05) is 13.3 Å². The lowest BCUT2D eigenvalue weighted by Crippen LogP contribution is -2.04. The highest BCUT2D eigenvalue weighted by molar-refractivity contribution is 14.1. The van der Waals surface area contributed by atoms with Gasteiger partial charge < -0.3 is 5.11 Å². The van der Waals surface area contributed by atoms with Crippen LogP contribution in [0, 0.1) is 7.14 Å². The molecule has 0 atom stereocenters. The van der Waals surface area contributed by atoms with E-state index in [1.165, 1.54) is 0 Å². The van der Waals surface area contributed by atoms with E-state index < -0.39 is 5.97 Å². The van der Waals surface area contributed by atoms with Crippen molar-refractivity contribution < 1.29 is 9.90 Å². The van der Waals surface area contributed by atoms with Gasteiger partial charge in [0.15, 0.2) is 0 Å². The summed E-state index contributed by atoms with van der Waals surface area (Å²) in [5.74, 6) is -0.846. The molecule has 1 aromatic rings. The largest absolute Gasteiger partial charge is 0.481 e. The van der Waals surface area contributed by atoms with Crippen LogP contribution in [0.25, 0.3) is 0 Å². The molecule has 0 radical (unpaired) electrons. The maximum absolute atomic E-state index is 10.4. The van der Waals surface area contributed by atoms with Gasteiger partial charge in [0.05, 0.1) is 12.1 Å². The molecular formula is C7H5I2NO2. The van der Waals surface area contributed by atoms with Gasteiger partial charge in [-0.1, -0.05) is 0 Å². The maximum atomic E-state index is 10.4. The first-order chi connectivity index (χ1) is 5.59. The second-order valence-corrected chi connectivity index (χ2v) is 4.56. The first-order valence-corrected chi connectivity index (χ1v) is 5.27. The molecule has 0 saturated heterocycles. The zero-order valence-corrected chi connectivity index (χ0v) is 10.2. The zero-order chi connectivity index (χ0) is 9.14. The maximum Gasteiger partial charge on any atom is 0.309 e. The standard InChI is InChI=1S/C7H5I2NO2/c8-4-1-5(9)6(10-3-4)2-7(11)12/h1,3H,2H2,(H,11,12). The lowest BCUT2D eigenvalue weighted by molar-refractivity contribution is -0.136. The summed E-state index contributed by atoms with van der Waals surface area (Å²) in [6.45, 7) is 0. The fraction of sp³-hybridized carbons (Fsp3) is 0.143. The number of aliphatic carboxylic acids is 1. The van der Waals surface area contributed by atoms with Crippen LogP contribution in [-0.2, 0) is 11.2 Å². The summed E-state index contributed by atoms with van der Waals surface area (Å²) in [4.78, 5) is 14.4. The SMILES string of the molecule is O=C(O)Cc1ncc(I)cc1I. The Balaban J connectivity index is 2.93. The number of carboxylic acid groups (broad SMARTS) is 1. The molecule has 1 rings (SSSR count). The first kappa shape index (κ1) is 10.2. The van der Waals surface area contributed by atoms with Crippen molar-refractivity contribution in [2.75, 3.05) is 0 Å². The Morgan fingerprint density at radius 1 is 1.58 bits per heavy atom. The number of nitrogens with zero attached hydrogens (tertiary/aromatic N) is 1. The predicted molar refractivity (Wildman–Crippen MR) is 61.0 cm³/mol. The normalized spacial score (nSPS) is 9.83. The molecule has 0 aliphatic rings. The smallest absolute Gasteiger partial charge is 0.309 e. The van der Waals surface area contributed by atoms with Gasteiger partial charge in [0.25, 0.3) is 0 Å². The minimum absolute atomic E-state index is 0.00477. The zero-order valence-electron chi connectivity index (χ0n) is 5.92. The van der Waals surface area contributed by atoms with Gasteiger partial charge in [-0.3, -0.25) is 9.78 Å². The van der Waals surface area contributed by atoms with Gasteiger partial charge in [-0.05, 0) is 51.2 Å². The van der Waals surface area contributed by atoms with Crippen molar-refractivity contribution in [3.63, 3.8) is 0 Å². The molecule has 0 aliphatic heterocycles. The van der Waals surface area contributed by atoms with Crippen LogP contribution in [0.5, 0.6) is 0 Å². The predicted octanol–water partition coefficient (Wildman–Crippen LogP) is 1.92. The summed E-state index contributed by atoms with van der Waals surface area (Å²) in [6, 6.07) is 1.91. The molecule has 64 valence electrons. The summed E-state index contributed by atoms with van der Waals surface area (Å²) >= 11 is 4.23. The van der Waals surface area contributed by atoms with Gasteiger partial charge in [0.1, 0.15) is 0 Å². The highest BCUT2D eigenvalue weighted by atomic mass is 127. The van der Waals surface area contributed by atoms with Crippen LogP contribution in [0.1, 0.15) is 5.69 Å². The molecule has 3 nitrogen and oxygen atoms in total. The Morgan fingerprint density at radius 3 is 2.75 bits per heavy atom. The summed E-state index contributed by atoms with van der Waals surface area (Å²) in [7, 11) is 0. The van der Waals surface area contributed by atoms with Crippen LogP contribution in [0.3, 0.4) is 0 Å². The van der Waals surface area contributed by atoms with Crippen LogP contribution < -0.4 is 0 Å². The molecule has 0 aromatic carbocycles. The topological polar surface area (TPSA) is 50.2 Å². The second kappa shape index (κ2) is 4.35. The highest BCUT2D eigenvalue weighted by Gasteiger charge is 2.06. The number of hydrogen-bond donors (Lipinski definition) is 1. The molecule has 1 aromatic heterocycles. The summed E-state index contributed by atoms with van der Waals surface area (Å²) in [5.41, 5.74) is 0.628. The number of halogens is 2. The van der Waals surface area contributed by atoms with Gasteiger partial charge in [-0.15, -0.1) is 0 Å². The van der Waals surface area contributed by atoms with E-state index in [1.54, 1.807) is 6.20 Å². The summed E-state index contributed by atoms with van der Waals surface area (Å²) in [5, 5.41) is 8.52. The number of aromatic nitrogens is 1. The monoisotopic (exact) mass is 389 g/mol. The van der Waals surface area contributed by atoms with Crippen molar-refractivity contribution in [2.45, 2.75) is 6.42 Å². The third-order valence-corrected chi connectivity index (χ3v) is 2.73. The quantitative estimate of drug-likeness (QED) is 0.787. The van der Waals surface area contributed by atoms with Crippen LogP contribution in [0.15, 0.2) is 12.3 Å². The number of pyridine rings is 1. The number of carbonyl (C=O) groups is 1. The van der Waals surface area contributed by atoms with Crippen molar-refractivity contribution in [1.29, 1.82) is 0 Å². The number of hydrogen-bond acceptors (Lipinski definition) is 2. The molecule has 1 N–H and O–H groups in total. The first-order valence-electron chi connectivity index (χ1n) is 3.11. The molecule has 1 heterocycles. The van der Waals surface area contributed by atoms with E-state index in [9.17, 15) is 4.79 Å². The van der Waals surface area contributed by atoms with Gasteiger partial charge in [-0.2, -0.15) is 0 Å². The van der Waals surface area contributed by atoms with Crippen LogP contribution in [-0.4, -0.2) is 16.1 Å². The second-order valence-electron chi connectivity index (χ2n) is 2.15. The van der Waals surface area contributed by atoms with Crippen LogP contribution in [0.2, 0.25) is 0 Å². The third-order valence-electron chi connectivity index (χ3n) is 1.20. The van der Waals surface area contributed by atoms with E-state index in [2.05, 4.69) is 50.2 Å². The van der Waals surface area contributed by atoms with Crippen LogP contribution in [0.4, 0.5) is 0 Å². The molecule has 12 heavy (non-hydrogen) atoms. The van der Waals surface area contributed by atoms with E-state index >= 15 is 0 Å². The van der Waals surface area contributed by atoms with Crippen LogP contribution >= 0.6 is 45.2 Å². The van der Waals surface area contributed by atoms with Crippen molar-refractivity contribution in [2.24, 2.45) is 0 Å².